The smallest absolute Gasteiger partial charge is 0.148 e. The molecule has 0 bridgehead atoms. The van der Waals surface area contributed by atoms with Crippen LogP contribution in [-0.2, 0) is 0 Å². The van der Waals surface area contributed by atoms with Gasteiger partial charge in [0.2, 0.25) is 0 Å². The topological polar surface area (TPSA) is 38.0 Å². The molecule has 0 aliphatic heterocycles. The number of anilines is 3. The van der Waals surface area contributed by atoms with Gasteiger partial charge in [0.05, 0.1) is 16.4 Å². The zero-order chi connectivity index (χ0) is 12.4. The van der Waals surface area contributed by atoms with Gasteiger partial charge in [-0.15, -0.1) is 0 Å². The molecule has 0 fully saturated rings. The molecule has 0 radical (unpaired) electrons. The summed E-state index contributed by atoms with van der Waals surface area (Å²) in [4.78, 5) is 0. The molecule has 0 heterocycles. The fourth-order valence-corrected chi connectivity index (χ4v) is 1.82. The molecule has 2 aromatic carbocycles. The second kappa shape index (κ2) is 4.82. The SMILES string of the molecule is Nc1ccc(Nc2ccc(Cl)cc2Cl)c(F)c1. The van der Waals surface area contributed by atoms with Crippen molar-refractivity contribution in [2.75, 3.05) is 11.1 Å². The van der Waals surface area contributed by atoms with Crippen LogP contribution >= 0.6 is 23.2 Å². The highest BCUT2D eigenvalue weighted by Crippen LogP contribution is 2.29. The Morgan fingerprint density at radius 1 is 1.00 bits per heavy atom. The number of hydrogen-bond acceptors (Lipinski definition) is 2. The summed E-state index contributed by atoms with van der Waals surface area (Å²) in [7, 11) is 0. The van der Waals surface area contributed by atoms with E-state index in [9.17, 15) is 4.39 Å². The highest BCUT2D eigenvalue weighted by molar-refractivity contribution is 6.36. The van der Waals surface area contributed by atoms with Gasteiger partial charge in [0, 0.05) is 10.7 Å². The first kappa shape index (κ1) is 12.0. The quantitative estimate of drug-likeness (QED) is 0.791. The van der Waals surface area contributed by atoms with Gasteiger partial charge in [-0.1, -0.05) is 23.2 Å². The van der Waals surface area contributed by atoms with Crippen molar-refractivity contribution < 1.29 is 4.39 Å². The van der Waals surface area contributed by atoms with E-state index in [0.29, 0.717) is 27.1 Å². The minimum Gasteiger partial charge on any atom is -0.399 e. The van der Waals surface area contributed by atoms with Gasteiger partial charge in [0.1, 0.15) is 5.82 Å². The fourth-order valence-electron chi connectivity index (χ4n) is 1.37. The molecule has 0 aliphatic rings. The van der Waals surface area contributed by atoms with Crippen molar-refractivity contribution in [3.05, 3.63) is 52.3 Å². The molecule has 2 nitrogen and oxygen atoms in total. The number of nitrogens with two attached hydrogens (primary N) is 1. The van der Waals surface area contributed by atoms with Crippen LogP contribution in [-0.4, -0.2) is 0 Å². The summed E-state index contributed by atoms with van der Waals surface area (Å²) in [6.07, 6.45) is 0. The summed E-state index contributed by atoms with van der Waals surface area (Å²) in [5, 5.41) is 3.82. The highest BCUT2D eigenvalue weighted by atomic mass is 35.5. The van der Waals surface area contributed by atoms with Crippen LogP contribution in [0.5, 0.6) is 0 Å². The molecule has 0 aliphatic carbocycles. The number of rotatable bonds is 2. The third-order valence-electron chi connectivity index (χ3n) is 2.19. The first-order chi connectivity index (χ1) is 8.06. The Labute approximate surface area is 108 Å². The predicted molar refractivity (Wildman–Crippen MR) is 70.6 cm³/mol. The lowest BCUT2D eigenvalue weighted by atomic mass is 10.2. The summed E-state index contributed by atoms with van der Waals surface area (Å²) < 4.78 is 13.5. The van der Waals surface area contributed by atoms with Crippen LogP contribution in [0.4, 0.5) is 21.5 Å². The largest absolute Gasteiger partial charge is 0.399 e. The van der Waals surface area contributed by atoms with Gasteiger partial charge in [0.15, 0.2) is 0 Å². The van der Waals surface area contributed by atoms with Crippen molar-refractivity contribution in [1.82, 2.24) is 0 Å². The molecule has 2 aromatic rings. The number of nitrogen functional groups attached to an aromatic ring is 1. The van der Waals surface area contributed by atoms with Crippen molar-refractivity contribution >= 4 is 40.3 Å². The van der Waals surface area contributed by atoms with E-state index < -0.39 is 5.82 Å². The summed E-state index contributed by atoms with van der Waals surface area (Å²) in [6, 6.07) is 9.34. The van der Waals surface area contributed by atoms with Crippen molar-refractivity contribution in [3.8, 4) is 0 Å². The molecule has 0 atom stereocenters. The zero-order valence-electron chi connectivity index (χ0n) is 8.68. The molecule has 0 aromatic heterocycles. The summed E-state index contributed by atoms with van der Waals surface area (Å²) in [5.41, 5.74) is 6.72. The van der Waals surface area contributed by atoms with Crippen molar-refractivity contribution in [3.63, 3.8) is 0 Å². The van der Waals surface area contributed by atoms with E-state index in [4.69, 9.17) is 28.9 Å². The maximum absolute atomic E-state index is 13.5. The Morgan fingerprint density at radius 2 is 1.71 bits per heavy atom. The van der Waals surface area contributed by atoms with E-state index in [0.717, 1.165) is 0 Å². The minimum absolute atomic E-state index is 0.309. The van der Waals surface area contributed by atoms with Crippen LogP contribution in [0.1, 0.15) is 0 Å². The highest BCUT2D eigenvalue weighted by Gasteiger charge is 2.05. The molecule has 0 amide bonds. The third kappa shape index (κ3) is 2.81. The standard InChI is InChI=1S/C12H9Cl2FN2/c13-7-1-3-11(9(14)5-7)17-12-4-2-8(16)6-10(12)15/h1-6,17H,16H2. The molecule has 2 rings (SSSR count). The molecule has 5 heteroatoms. The van der Waals surface area contributed by atoms with Crippen LogP contribution in [0.15, 0.2) is 36.4 Å². The normalized spacial score (nSPS) is 10.3. The monoisotopic (exact) mass is 270 g/mol. The third-order valence-corrected chi connectivity index (χ3v) is 2.74. The maximum atomic E-state index is 13.5. The predicted octanol–water partition coefficient (Wildman–Crippen LogP) is 4.46. The average molecular weight is 271 g/mol. The van der Waals surface area contributed by atoms with E-state index in [1.165, 1.54) is 6.07 Å². The second-order valence-corrected chi connectivity index (χ2v) is 4.33. The Bertz CT molecular complexity index is 509. The number of hydrogen-bond donors (Lipinski definition) is 2. The fraction of sp³-hybridized carbons (Fsp3) is 0. The summed E-state index contributed by atoms with van der Waals surface area (Å²) in [5.74, 6) is -0.434. The van der Waals surface area contributed by atoms with E-state index >= 15 is 0 Å². The van der Waals surface area contributed by atoms with Crippen molar-refractivity contribution in [2.24, 2.45) is 0 Å². The molecule has 3 N–H and O–H groups in total. The molecule has 0 saturated heterocycles. The van der Waals surface area contributed by atoms with E-state index in [2.05, 4.69) is 5.32 Å². The number of nitrogens with one attached hydrogen (secondary N) is 1. The van der Waals surface area contributed by atoms with Gasteiger partial charge in [0.25, 0.3) is 0 Å². The maximum Gasteiger partial charge on any atom is 0.148 e. The Morgan fingerprint density at radius 3 is 2.35 bits per heavy atom. The molecule has 0 unspecified atom stereocenters. The molecular weight excluding hydrogens is 262 g/mol. The lowest BCUT2D eigenvalue weighted by Gasteiger charge is -2.09. The minimum atomic E-state index is -0.434. The molecular formula is C12H9Cl2FN2. The van der Waals surface area contributed by atoms with Crippen LogP contribution in [0.2, 0.25) is 10.0 Å². The number of benzene rings is 2. The van der Waals surface area contributed by atoms with E-state index in [1.54, 1.807) is 30.3 Å². The van der Waals surface area contributed by atoms with Gasteiger partial charge < -0.3 is 11.1 Å². The van der Waals surface area contributed by atoms with E-state index in [-0.39, 0.29) is 0 Å². The summed E-state index contributed by atoms with van der Waals surface area (Å²) in [6.45, 7) is 0. The number of halogens is 3. The first-order valence-corrected chi connectivity index (χ1v) is 5.59. The summed E-state index contributed by atoms with van der Waals surface area (Å²) >= 11 is 11.7. The lowest BCUT2D eigenvalue weighted by Crippen LogP contribution is -1.96. The van der Waals surface area contributed by atoms with Gasteiger partial charge in [-0.25, -0.2) is 4.39 Å². The lowest BCUT2D eigenvalue weighted by molar-refractivity contribution is 0.632. The Balaban J connectivity index is 2.31. The van der Waals surface area contributed by atoms with Gasteiger partial charge >= 0.3 is 0 Å². The van der Waals surface area contributed by atoms with E-state index in [1.807, 2.05) is 0 Å². The van der Waals surface area contributed by atoms with Crippen molar-refractivity contribution in [2.45, 2.75) is 0 Å². The Kier molecular flexibility index (Phi) is 3.41. The van der Waals surface area contributed by atoms with Gasteiger partial charge in [-0.2, -0.15) is 0 Å². The van der Waals surface area contributed by atoms with Crippen LogP contribution in [0.3, 0.4) is 0 Å². The van der Waals surface area contributed by atoms with Gasteiger partial charge in [-0.3, -0.25) is 0 Å². The van der Waals surface area contributed by atoms with Gasteiger partial charge in [-0.05, 0) is 36.4 Å². The van der Waals surface area contributed by atoms with Crippen molar-refractivity contribution in [1.29, 1.82) is 0 Å². The Hall–Kier alpha value is -1.45. The zero-order valence-corrected chi connectivity index (χ0v) is 10.2. The molecule has 0 spiro atoms. The van der Waals surface area contributed by atoms with Crippen LogP contribution in [0, 0.1) is 5.82 Å². The molecule has 17 heavy (non-hydrogen) atoms. The first-order valence-electron chi connectivity index (χ1n) is 4.83. The average Bonchev–Trinajstić information content (AvgIpc) is 2.25. The second-order valence-electron chi connectivity index (χ2n) is 3.49. The van der Waals surface area contributed by atoms with Crippen LogP contribution in [0.25, 0.3) is 0 Å². The molecule has 0 saturated carbocycles. The van der Waals surface area contributed by atoms with Crippen LogP contribution < -0.4 is 11.1 Å². The molecule has 88 valence electrons.